The Morgan fingerprint density at radius 1 is 1.67 bits per heavy atom. The van der Waals surface area contributed by atoms with Crippen molar-refractivity contribution in [2.45, 2.75) is 19.9 Å². The van der Waals surface area contributed by atoms with Crippen LogP contribution in [-0.4, -0.2) is 13.1 Å². The van der Waals surface area contributed by atoms with Crippen molar-refractivity contribution < 1.29 is 0 Å². The summed E-state index contributed by atoms with van der Waals surface area (Å²) in [7, 11) is 1.95. The van der Waals surface area contributed by atoms with E-state index >= 15 is 0 Å². The zero-order chi connectivity index (χ0) is 7.28. The Morgan fingerprint density at radius 3 is 2.56 bits per heavy atom. The van der Waals surface area contributed by atoms with Crippen LogP contribution in [0, 0.1) is 0 Å². The molecule has 0 fully saturated rings. The number of hydrogen-bond donors (Lipinski definition) is 1. The third-order valence-corrected chi connectivity index (χ3v) is 1.50. The molecule has 9 heavy (non-hydrogen) atoms. The Labute approximate surface area is 57.5 Å². The molecule has 0 aromatic carbocycles. The fourth-order valence-electron chi connectivity index (χ4n) is 0.558. The van der Waals surface area contributed by atoms with Crippen LogP contribution in [0.3, 0.4) is 0 Å². The summed E-state index contributed by atoms with van der Waals surface area (Å²) in [5, 5.41) is 3.13. The quantitative estimate of drug-likeness (QED) is 0.566. The summed E-state index contributed by atoms with van der Waals surface area (Å²) in [6.07, 6.45) is 3.82. The standard InChI is InChI=1S/C8H15N/c1-5-6-7(2)8(3)9-4/h5-6,8-9H,1H2,2-4H3/b7-6+. The van der Waals surface area contributed by atoms with E-state index in [2.05, 4.69) is 25.7 Å². The van der Waals surface area contributed by atoms with Gasteiger partial charge < -0.3 is 5.32 Å². The second-order valence-corrected chi connectivity index (χ2v) is 2.16. The third kappa shape index (κ3) is 3.09. The minimum absolute atomic E-state index is 0.461. The molecule has 0 heterocycles. The van der Waals surface area contributed by atoms with Gasteiger partial charge in [0, 0.05) is 6.04 Å². The van der Waals surface area contributed by atoms with E-state index in [1.807, 2.05) is 19.2 Å². The minimum atomic E-state index is 0.461. The lowest BCUT2D eigenvalue weighted by atomic mass is 10.1. The lowest BCUT2D eigenvalue weighted by Gasteiger charge is -2.08. The number of allylic oxidation sites excluding steroid dienone is 2. The molecule has 0 aliphatic rings. The van der Waals surface area contributed by atoms with Gasteiger partial charge in [-0.2, -0.15) is 0 Å². The highest BCUT2D eigenvalue weighted by atomic mass is 14.8. The molecule has 1 N–H and O–H groups in total. The molecular weight excluding hydrogens is 110 g/mol. The molecule has 1 unspecified atom stereocenters. The van der Waals surface area contributed by atoms with E-state index in [1.54, 1.807) is 0 Å². The first-order chi connectivity index (χ1) is 4.22. The van der Waals surface area contributed by atoms with Gasteiger partial charge in [-0.25, -0.2) is 0 Å². The molecule has 1 atom stereocenters. The molecule has 0 bridgehead atoms. The Morgan fingerprint density at radius 2 is 2.22 bits per heavy atom. The van der Waals surface area contributed by atoms with E-state index in [4.69, 9.17) is 0 Å². The van der Waals surface area contributed by atoms with Gasteiger partial charge in [-0.05, 0) is 20.9 Å². The van der Waals surface area contributed by atoms with Gasteiger partial charge in [0.15, 0.2) is 0 Å². The van der Waals surface area contributed by atoms with Gasteiger partial charge in [0.25, 0.3) is 0 Å². The second-order valence-electron chi connectivity index (χ2n) is 2.16. The van der Waals surface area contributed by atoms with Crippen molar-refractivity contribution in [3.63, 3.8) is 0 Å². The van der Waals surface area contributed by atoms with E-state index in [-0.39, 0.29) is 0 Å². The first-order valence-electron chi connectivity index (χ1n) is 3.18. The van der Waals surface area contributed by atoms with Crippen molar-refractivity contribution in [1.82, 2.24) is 5.32 Å². The van der Waals surface area contributed by atoms with Crippen molar-refractivity contribution in [1.29, 1.82) is 0 Å². The molecule has 0 aliphatic heterocycles. The molecule has 0 aliphatic carbocycles. The lowest BCUT2D eigenvalue weighted by molar-refractivity contribution is 0.692. The minimum Gasteiger partial charge on any atom is -0.314 e. The smallest absolute Gasteiger partial charge is 0.0248 e. The molecule has 0 radical (unpaired) electrons. The van der Waals surface area contributed by atoms with Crippen molar-refractivity contribution >= 4 is 0 Å². The maximum absolute atomic E-state index is 3.61. The summed E-state index contributed by atoms with van der Waals surface area (Å²) in [5.74, 6) is 0. The Kier molecular flexibility index (Phi) is 4.06. The average molecular weight is 125 g/mol. The summed E-state index contributed by atoms with van der Waals surface area (Å²) in [4.78, 5) is 0. The van der Waals surface area contributed by atoms with Crippen LogP contribution in [-0.2, 0) is 0 Å². The van der Waals surface area contributed by atoms with E-state index < -0.39 is 0 Å². The Hall–Kier alpha value is -0.560. The van der Waals surface area contributed by atoms with Gasteiger partial charge in [-0.1, -0.05) is 24.3 Å². The summed E-state index contributed by atoms with van der Waals surface area (Å²) < 4.78 is 0. The fraction of sp³-hybridized carbons (Fsp3) is 0.500. The van der Waals surface area contributed by atoms with Gasteiger partial charge in [0.2, 0.25) is 0 Å². The van der Waals surface area contributed by atoms with E-state index in [1.165, 1.54) is 5.57 Å². The zero-order valence-electron chi connectivity index (χ0n) is 6.44. The van der Waals surface area contributed by atoms with Crippen LogP contribution < -0.4 is 5.32 Å². The summed E-state index contributed by atoms with van der Waals surface area (Å²) in [6, 6.07) is 0.461. The van der Waals surface area contributed by atoms with Gasteiger partial charge in [-0.3, -0.25) is 0 Å². The molecule has 0 aromatic rings. The molecule has 0 rings (SSSR count). The van der Waals surface area contributed by atoms with Gasteiger partial charge in [-0.15, -0.1) is 0 Å². The molecule has 52 valence electrons. The number of nitrogens with one attached hydrogen (secondary N) is 1. The van der Waals surface area contributed by atoms with Crippen LogP contribution in [0.25, 0.3) is 0 Å². The van der Waals surface area contributed by atoms with Crippen LogP contribution in [0.4, 0.5) is 0 Å². The maximum Gasteiger partial charge on any atom is 0.0248 e. The molecule has 0 saturated carbocycles. The van der Waals surface area contributed by atoms with E-state index in [0.717, 1.165) is 0 Å². The van der Waals surface area contributed by atoms with Gasteiger partial charge in [0.05, 0.1) is 0 Å². The zero-order valence-corrected chi connectivity index (χ0v) is 6.44. The average Bonchev–Trinajstić information content (AvgIpc) is 1.87. The fourth-order valence-corrected chi connectivity index (χ4v) is 0.558. The van der Waals surface area contributed by atoms with Crippen molar-refractivity contribution in [2.24, 2.45) is 0 Å². The molecule has 1 heteroatoms. The normalized spacial score (nSPS) is 15.2. The Balaban J connectivity index is 3.84. The van der Waals surface area contributed by atoms with Crippen LogP contribution in [0.15, 0.2) is 24.3 Å². The predicted octanol–water partition coefficient (Wildman–Crippen LogP) is 1.73. The second kappa shape index (κ2) is 4.33. The topological polar surface area (TPSA) is 12.0 Å². The van der Waals surface area contributed by atoms with Crippen LogP contribution in [0.1, 0.15) is 13.8 Å². The number of rotatable bonds is 3. The first kappa shape index (κ1) is 8.44. The summed E-state index contributed by atoms with van der Waals surface area (Å²) >= 11 is 0. The van der Waals surface area contributed by atoms with Gasteiger partial charge in [0.1, 0.15) is 0 Å². The Bertz CT molecular complexity index is 114. The highest BCUT2D eigenvalue weighted by Gasteiger charge is 1.96. The first-order valence-corrected chi connectivity index (χ1v) is 3.18. The molecule has 0 spiro atoms. The third-order valence-electron chi connectivity index (χ3n) is 1.50. The number of hydrogen-bond acceptors (Lipinski definition) is 1. The predicted molar refractivity (Wildman–Crippen MR) is 42.5 cm³/mol. The highest BCUT2D eigenvalue weighted by Crippen LogP contribution is 1.98. The molecule has 0 saturated heterocycles. The van der Waals surface area contributed by atoms with E-state index in [9.17, 15) is 0 Å². The van der Waals surface area contributed by atoms with Crippen LogP contribution in [0.2, 0.25) is 0 Å². The van der Waals surface area contributed by atoms with Gasteiger partial charge >= 0.3 is 0 Å². The van der Waals surface area contributed by atoms with Crippen molar-refractivity contribution in [3.05, 3.63) is 24.3 Å². The summed E-state index contributed by atoms with van der Waals surface area (Å²) in [5.41, 5.74) is 1.31. The maximum atomic E-state index is 3.61. The van der Waals surface area contributed by atoms with Crippen molar-refractivity contribution in [2.75, 3.05) is 7.05 Å². The van der Waals surface area contributed by atoms with Crippen LogP contribution >= 0.6 is 0 Å². The lowest BCUT2D eigenvalue weighted by Crippen LogP contribution is -2.21. The SMILES string of the molecule is C=C/C=C(\C)C(C)NC. The van der Waals surface area contributed by atoms with Crippen molar-refractivity contribution in [3.8, 4) is 0 Å². The van der Waals surface area contributed by atoms with E-state index in [0.29, 0.717) is 6.04 Å². The molecule has 1 nitrogen and oxygen atoms in total. The molecule has 0 aromatic heterocycles. The highest BCUT2D eigenvalue weighted by molar-refractivity contribution is 5.12. The number of likely N-dealkylation sites (N-methyl/N-ethyl adjacent to an activating group) is 1. The molecule has 0 amide bonds. The monoisotopic (exact) mass is 125 g/mol. The summed E-state index contributed by atoms with van der Waals surface area (Å²) in [6.45, 7) is 7.82. The largest absolute Gasteiger partial charge is 0.314 e. The molecular formula is C8H15N. The van der Waals surface area contributed by atoms with Crippen LogP contribution in [0.5, 0.6) is 0 Å².